The fraction of sp³-hybridized carbons (Fsp3) is 0.364. The summed E-state index contributed by atoms with van der Waals surface area (Å²) >= 11 is 0. The molecule has 0 atom stereocenters. The monoisotopic (exact) mass is 350 g/mol. The van der Waals surface area contributed by atoms with Gasteiger partial charge < -0.3 is 10.2 Å². The second-order valence-corrected chi connectivity index (χ2v) is 6.78. The average Bonchev–Trinajstić information content (AvgIpc) is 3.24. The quantitative estimate of drug-likeness (QED) is 0.767. The molecular weight excluding hydrogens is 324 g/mol. The number of rotatable bonds is 7. The molecule has 0 bridgehead atoms. The number of carbonyl (C=O) groups is 2. The molecule has 0 saturated heterocycles. The average molecular weight is 350 g/mol. The Kier molecular flexibility index (Phi) is 6.42. The van der Waals surface area contributed by atoms with E-state index in [-0.39, 0.29) is 17.7 Å². The van der Waals surface area contributed by atoms with Crippen LogP contribution in [-0.2, 0) is 4.79 Å². The van der Waals surface area contributed by atoms with Crippen LogP contribution in [0.3, 0.4) is 0 Å². The number of nitrogens with one attached hydrogen (secondary N) is 1. The molecule has 0 heterocycles. The van der Waals surface area contributed by atoms with Gasteiger partial charge >= 0.3 is 0 Å². The van der Waals surface area contributed by atoms with Crippen LogP contribution in [0.2, 0.25) is 0 Å². The fourth-order valence-corrected chi connectivity index (χ4v) is 3.47. The van der Waals surface area contributed by atoms with Crippen LogP contribution in [0.15, 0.2) is 60.7 Å². The van der Waals surface area contributed by atoms with E-state index < -0.39 is 0 Å². The summed E-state index contributed by atoms with van der Waals surface area (Å²) in [5.74, 6) is 0.341. The molecule has 2 amide bonds. The van der Waals surface area contributed by atoms with Crippen LogP contribution < -0.4 is 10.2 Å². The van der Waals surface area contributed by atoms with E-state index in [1.54, 1.807) is 4.90 Å². The van der Waals surface area contributed by atoms with Crippen LogP contribution in [0, 0.1) is 5.92 Å². The molecular formula is C22H26N2O2. The smallest absolute Gasteiger partial charge is 0.258 e. The summed E-state index contributed by atoms with van der Waals surface area (Å²) < 4.78 is 0. The van der Waals surface area contributed by atoms with Gasteiger partial charge in [0.2, 0.25) is 5.91 Å². The zero-order chi connectivity index (χ0) is 18.2. The number of carbonyl (C=O) groups excluding carboxylic acids is 2. The minimum atomic E-state index is -0.0149. The largest absolute Gasteiger partial charge is 0.356 e. The maximum Gasteiger partial charge on any atom is 0.258 e. The van der Waals surface area contributed by atoms with Crippen molar-refractivity contribution < 1.29 is 9.59 Å². The number of hydrogen-bond donors (Lipinski definition) is 1. The SMILES string of the molecule is O=C(NCCCN(C(=O)c1ccccc1)c1ccccc1)C1CCCC1. The topological polar surface area (TPSA) is 49.4 Å². The molecule has 1 saturated carbocycles. The van der Waals surface area contributed by atoms with Crippen LogP contribution in [0.25, 0.3) is 0 Å². The van der Waals surface area contributed by atoms with Gasteiger partial charge in [0.15, 0.2) is 0 Å². The molecule has 1 fully saturated rings. The first-order valence-corrected chi connectivity index (χ1v) is 9.45. The van der Waals surface area contributed by atoms with Crippen LogP contribution >= 0.6 is 0 Å². The Morgan fingerprint density at radius 1 is 0.923 bits per heavy atom. The third-order valence-corrected chi connectivity index (χ3v) is 4.92. The summed E-state index contributed by atoms with van der Waals surface area (Å²) in [4.78, 5) is 26.8. The maximum absolute atomic E-state index is 12.9. The second-order valence-electron chi connectivity index (χ2n) is 6.78. The Bertz CT molecular complexity index is 709. The Labute approximate surface area is 155 Å². The van der Waals surface area contributed by atoms with Gasteiger partial charge in [-0.05, 0) is 43.5 Å². The molecule has 0 radical (unpaired) electrons. The minimum absolute atomic E-state index is 0.0149. The molecule has 26 heavy (non-hydrogen) atoms. The van der Waals surface area contributed by atoms with Gasteiger partial charge in [0, 0.05) is 30.3 Å². The lowest BCUT2D eigenvalue weighted by atomic mass is 10.1. The summed E-state index contributed by atoms with van der Waals surface area (Å²) in [6.45, 7) is 1.17. The molecule has 0 unspecified atom stereocenters. The van der Waals surface area contributed by atoms with Gasteiger partial charge in [-0.3, -0.25) is 9.59 Å². The number of nitrogens with zero attached hydrogens (tertiary/aromatic N) is 1. The third-order valence-electron chi connectivity index (χ3n) is 4.92. The van der Waals surface area contributed by atoms with Crippen molar-refractivity contribution in [1.29, 1.82) is 0 Å². The van der Waals surface area contributed by atoms with E-state index in [2.05, 4.69) is 5.32 Å². The fourth-order valence-electron chi connectivity index (χ4n) is 3.47. The summed E-state index contributed by atoms with van der Waals surface area (Å²) in [5, 5.41) is 3.03. The highest BCUT2D eigenvalue weighted by atomic mass is 16.2. The molecule has 2 aromatic carbocycles. The Morgan fingerprint density at radius 3 is 2.19 bits per heavy atom. The van der Waals surface area contributed by atoms with Crippen molar-refractivity contribution in [2.24, 2.45) is 5.92 Å². The van der Waals surface area contributed by atoms with E-state index in [4.69, 9.17) is 0 Å². The number of hydrogen-bond acceptors (Lipinski definition) is 2. The molecule has 2 aromatic rings. The lowest BCUT2D eigenvalue weighted by Gasteiger charge is -2.23. The third kappa shape index (κ3) is 4.72. The van der Waals surface area contributed by atoms with Gasteiger partial charge in [0.05, 0.1) is 0 Å². The van der Waals surface area contributed by atoms with Crippen LogP contribution in [0.4, 0.5) is 5.69 Å². The lowest BCUT2D eigenvalue weighted by molar-refractivity contribution is -0.124. The first kappa shape index (κ1) is 18.2. The number of amides is 2. The highest BCUT2D eigenvalue weighted by molar-refractivity contribution is 6.06. The van der Waals surface area contributed by atoms with Gasteiger partial charge in [0.25, 0.3) is 5.91 Å². The Hall–Kier alpha value is -2.62. The van der Waals surface area contributed by atoms with E-state index in [9.17, 15) is 9.59 Å². The van der Waals surface area contributed by atoms with E-state index in [1.807, 2.05) is 60.7 Å². The number of benzene rings is 2. The molecule has 4 heteroatoms. The van der Waals surface area contributed by atoms with Crippen molar-refractivity contribution in [3.05, 3.63) is 66.2 Å². The van der Waals surface area contributed by atoms with E-state index in [0.717, 1.165) is 37.8 Å². The van der Waals surface area contributed by atoms with E-state index in [0.29, 0.717) is 18.7 Å². The second kappa shape index (κ2) is 9.18. The number of anilines is 1. The standard InChI is InChI=1S/C22H26N2O2/c25-21(18-10-7-8-11-18)23-16-9-17-24(20-14-5-2-6-15-20)22(26)19-12-3-1-4-13-19/h1-6,12-15,18H,7-11,16-17H2,(H,23,25). The van der Waals surface area contributed by atoms with Crippen molar-refractivity contribution in [2.75, 3.05) is 18.0 Å². The summed E-state index contributed by atoms with van der Waals surface area (Å²) in [7, 11) is 0. The molecule has 136 valence electrons. The first-order chi connectivity index (χ1) is 12.8. The number of para-hydroxylation sites is 1. The lowest BCUT2D eigenvalue weighted by Crippen LogP contribution is -2.35. The van der Waals surface area contributed by atoms with Gasteiger partial charge in [-0.1, -0.05) is 49.2 Å². The van der Waals surface area contributed by atoms with E-state index in [1.165, 1.54) is 0 Å². The molecule has 0 aliphatic heterocycles. The highest BCUT2D eigenvalue weighted by Crippen LogP contribution is 2.24. The zero-order valence-electron chi connectivity index (χ0n) is 15.1. The van der Waals surface area contributed by atoms with E-state index >= 15 is 0 Å². The van der Waals surface area contributed by atoms with Gasteiger partial charge in [-0.2, -0.15) is 0 Å². The van der Waals surface area contributed by atoms with Gasteiger partial charge in [0.1, 0.15) is 0 Å². The normalized spacial score (nSPS) is 14.2. The summed E-state index contributed by atoms with van der Waals surface area (Å²) in [6, 6.07) is 19.0. The molecule has 1 aliphatic carbocycles. The predicted octanol–water partition coefficient (Wildman–Crippen LogP) is 4.03. The van der Waals surface area contributed by atoms with Gasteiger partial charge in [-0.25, -0.2) is 0 Å². The predicted molar refractivity (Wildman–Crippen MR) is 104 cm³/mol. The maximum atomic E-state index is 12.9. The van der Waals surface area contributed by atoms with Gasteiger partial charge in [-0.15, -0.1) is 0 Å². The van der Waals surface area contributed by atoms with Crippen molar-refractivity contribution in [2.45, 2.75) is 32.1 Å². The zero-order valence-corrected chi connectivity index (χ0v) is 15.1. The van der Waals surface area contributed by atoms with Crippen molar-refractivity contribution >= 4 is 17.5 Å². The van der Waals surface area contributed by atoms with Crippen molar-refractivity contribution in [3.63, 3.8) is 0 Å². The minimum Gasteiger partial charge on any atom is -0.356 e. The molecule has 0 aromatic heterocycles. The van der Waals surface area contributed by atoms with Crippen molar-refractivity contribution in [3.8, 4) is 0 Å². The molecule has 4 nitrogen and oxygen atoms in total. The Morgan fingerprint density at radius 2 is 1.54 bits per heavy atom. The molecule has 0 spiro atoms. The van der Waals surface area contributed by atoms with Crippen LogP contribution in [0.1, 0.15) is 42.5 Å². The van der Waals surface area contributed by atoms with Crippen LogP contribution in [-0.4, -0.2) is 24.9 Å². The highest BCUT2D eigenvalue weighted by Gasteiger charge is 2.22. The molecule has 1 N–H and O–H groups in total. The first-order valence-electron chi connectivity index (χ1n) is 9.45. The Balaban J connectivity index is 1.59. The summed E-state index contributed by atoms with van der Waals surface area (Å²) in [5.41, 5.74) is 1.55. The van der Waals surface area contributed by atoms with Crippen LogP contribution in [0.5, 0.6) is 0 Å². The summed E-state index contributed by atoms with van der Waals surface area (Å²) in [6.07, 6.45) is 5.06. The molecule has 3 rings (SSSR count). The molecule has 1 aliphatic rings. The van der Waals surface area contributed by atoms with Crippen molar-refractivity contribution in [1.82, 2.24) is 5.32 Å².